The first kappa shape index (κ1) is 24.5. The highest BCUT2D eigenvalue weighted by molar-refractivity contribution is 7.92. The molecule has 0 aromatic heterocycles. The van der Waals surface area contributed by atoms with E-state index in [1.54, 1.807) is 24.3 Å². The zero-order chi connectivity index (χ0) is 24.0. The number of carbonyl (C=O) groups is 2. The van der Waals surface area contributed by atoms with Crippen LogP contribution in [0.1, 0.15) is 15.9 Å². The van der Waals surface area contributed by atoms with E-state index >= 15 is 0 Å². The standard InChI is InChI=1S/C22H18Cl2N2O6S/c23-15-3-6-17(7-4-15)25-22(29)19-11-16(24)5-10-20(19)26-33(30,31)18-8-1-14(2-9-18)12-32-13-21(27)28/h1-11,26H,12-13H2,(H,25,29)(H,27,28). The van der Waals surface area contributed by atoms with Crippen molar-refractivity contribution in [2.45, 2.75) is 11.5 Å². The minimum absolute atomic E-state index is 0.0201. The van der Waals surface area contributed by atoms with Gasteiger partial charge in [-0.1, -0.05) is 35.3 Å². The zero-order valence-electron chi connectivity index (χ0n) is 16.9. The molecule has 0 bridgehead atoms. The molecule has 3 N–H and O–H groups in total. The molecule has 33 heavy (non-hydrogen) atoms. The number of hydrogen-bond donors (Lipinski definition) is 3. The number of carbonyl (C=O) groups excluding carboxylic acids is 1. The van der Waals surface area contributed by atoms with Crippen molar-refractivity contribution in [1.82, 2.24) is 0 Å². The second kappa shape index (κ2) is 10.7. The van der Waals surface area contributed by atoms with Crippen molar-refractivity contribution in [3.05, 3.63) is 87.9 Å². The Bertz CT molecular complexity index is 1260. The maximum absolute atomic E-state index is 12.9. The SMILES string of the molecule is O=C(O)COCc1ccc(S(=O)(=O)Nc2ccc(Cl)cc2C(=O)Nc2ccc(Cl)cc2)cc1. The van der Waals surface area contributed by atoms with Gasteiger partial charge in [0.25, 0.3) is 15.9 Å². The van der Waals surface area contributed by atoms with Gasteiger partial charge in [0.2, 0.25) is 0 Å². The molecule has 0 radical (unpaired) electrons. The number of sulfonamides is 1. The number of carboxylic acid groups (broad SMARTS) is 1. The van der Waals surface area contributed by atoms with Gasteiger partial charge in [0.05, 0.1) is 22.8 Å². The van der Waals surface area contributed by atoms with E-state index in [-0.39, 0.29) is 27.8 Å². The molecule has 0 saturated carbocycles. The summed E-state index contributed by atoms with van der Waals surface area (Å²) in [5, 5.41) is 12.0. The Labute approximate surface area is 200 Å². The Morgan fingerprint density at radius 3 is 2.18 bits per heavy atom. The third kappa shape index (κ3) is 6.93. The van der Waals surface area contributed by atoms with Gasteiger partial charge in [-0.3, -0.25) is 9.52 Å². The number of rotatable bonds is 9. The molecule has 0 aliphatic rings. The number of ether oxygens (including phenoxy) is 1. The predicted molar refractivity (Wildman–Crippen MR) is 125 cm³/mol. The Morgan fingerprint density at radius 1 is 0.909 bits per heavy atom. The van der Waals surface area contributed by atoms with E-state index in [0.29, 0.717) is 16.3 Å². The second-order valence-corrected chi connectivity index (χ2v) is 9.34. The quantitative estimate of drug-likeness (QED) is 0.386. The van der Waals surface area contributed by atoms with Gasteiger partial charge < -0.3 is 15.2 Å². The summed E-state index contributed by atoms with van der Waals surface area (Å²) in [6, 6.07) is 16.4. The topological polar surface area (TPSA) is 122 Å². The largest absolute Gasteiger partial charge is 0.480 e. The molecule has 8 nitrogen and oxygen atoms in total. The minimum Gasteiger partial charge on any atom is -0.480 e. The van der Waals surface area contributed by atoms with E-state index in [4.69, 9.17) is 33.0 Å². The van der Waals surface area contributed by atoms with Crippen molar-refractivity contribution < 1.29 is 27.9 Å². The molecule has 0 aliphatic heterocycles. The Kier molecular flexibility index (Phi) is 7.93. The lowest BCUT2D eigenvalue weighted by Crippen LogP contribution is -2.18. The lowest BCUT2D eigenvalue weighted by Gasteiger charge is -2.14. The van der Waals surface area contributed by atoms with Gasteiger partial charge in [-0.25, -0.2) is 13.2 Å². The van der Waals surface area contributed by atoms with Crippen LogP contribution < -0.4 is 10.0 Å². The van der Waals surface area contributed by atoms with Crippen LogP contribution in [-0.2, 0) is 26.2 Å². The van der Waals surface area contributed by atoms with E-state index < -0.39 is 28.5 Å². The van der Waals surface area contributed by atoms with Crippen LogP contribution in [0.15, 0.2) is 71.6 Å². The van der Waals surface area contributed by atoms with Crippen LogP contribution in [0.3, 0.4) is 0 Å². The summed E-state index contributed by atoms with van der Waals surface area (Å²) in [6.45, 7) is -0.439. The molecule has 0 unspecified atom stereocenters. The summed E-state index contributed by atoms with van der Waals surface area (Å²) in [5.41, 5.74) is 1.14. The molecule has 1 amide bonds. The number of carboxylic acids is 1. The van der Waals surface area contributed by atoms with E-state index in [9.17, 15) is 18.0 Å². The number of aliphatic carboxylic acids is 1. The van der Waals surface area contributed by atoms with Crippen LogP contribution >= 0.6 is 23.2 Å². The fourth-order valence-electron chi connectivity index (χ4n) is 2.75. The van der Waals surface area contributed by atoms with Crippen LogP contribution in [0.5, 0.6) is 0 Å². The average molecular weight is 509 g/mol. The number of amides is 1. The molecule has 0 aliphatic carbocycles. The first-order valence-electron chi connectivity index (χ1n) is 9.42. The molecule has 0 spiro atoms. The lowest BCUT2D eigenvalue weighted by molar-refractivity contribution is -0.142. The van der Waals surface area contributed by atoms with Crippen LogP contribution in [0.2, 0.25) is 10.0 Å². The molecule has 0 fully saturated rings. The van der Waals surface area contributed by atoms with Gasteiger partial charge in [0.1, 0.15) is 6.61 Å². The van der Waals surface area contributed by atoms with Gasteiger partial charge in [0, 0.05) is 15.7 Å². The molecule has 172 valence electrons. The van der Waals surface area contributed by atoms with E-state index in [1.165, 1.54) is 42.5 Å². The molecule has 0 heterocycles. The highest BCUT2D eigenvalue weighted by Gasteiger charge is 2.19. The highest BCUT2D eigenvalue weighted by atomic mass is 35.5. The number of hydrogen-bond acceptors (Lipinski definition) is 5. The molecule has 0 saturated heterocycles. The third-order valence-electron chi connectivity index (χ3n) is 4.30. The van der Waals surface area contributed by atoms with Gasteiger partial charge in [-0.2, -0.15) is 0 Å². The first-order valence-corrected chi connectivity index (χ1v) is 11.7. The summed E-state index contributed by atoms with van der Waals surface area (Å²) < 4.78 is 33.1. The van der Waals surface area contributed by atoms with E-state index in [0.717, 1.165) is 0 Å². The Hall–Kier alpha value is -3.11. The molecule has 3 aromatic carbocycles. The second-order valence-electron chi connectivity index (χ2n) is 6.79. The van der Waals surface area contributed by atoms with E-state index in [1.807, 2.05) is 0 Å². The molecular weight excluding hydrogens is 491 g/mol. The van der Waals surface area contributed by atoms with Crippen LogP contribution in [-0.4, -0.2) is 32.0 Å². The van der Waals surface area contributed by atoms with Crippen molar-refractivity contribution in [3.8, 4) is 0 Å². The molecular formula is C22H18Cl2N2O6S. The average Bonchev–Trinajstić information content (AvgIpc) is 2.76. The van der Waals surface area contributed by atoms with Crippen molar-refractivity contribution >= 4 is 56.5 Å². The van der Waals surface area contributed by atoms with Crippen LogP contribution in [0.25, 0.3) is 0 Å². The van der Waals surface area contributed by atoms with Gasteiger partial charge >= 0.3 is 5.97 Å². The Morgan fingerprint density at radius 2 is 1.55 bits per heavy atom. The summed E-state index contributed by atoms with van der Waals surface area (Å²) in [5.74, 6) is -1.67. The van der Waals surface area contributed by atoms with Crippen LogP contribution in [0, 0.1) is 0 Å². The zero-order valence-corrected chi connectivity index (χ0v) is 19.2. The maximum atomic E-state index is 12.9. The van der Waals surface area contributed by atoms with Crippen LogP contribution in [0.4, 0.5) is 11.4 Å². The van der Waals surface area contributed by atoms with Crippen molar-refractivity contribution in [1.29, 1.82) is 0 Å². The van der Waals surface area contributed by atoms with Crippen molar-refractivity contribution in [2.24, 2.45) is 0 Å². The number of nitrogens with one attached hydrogen (secondary N) is 2. The predicted octanol–water partition coefficient (Wildman–Crippen LogP) is 4.65. The number of halogens is 2. The highest BCUT2D eigenvalue weighted by Crippen LogP contribution is 2.25. The first-order chi connectivity index (χ1) is 15.6. The van der Waals surface area contributed by atoms with E-state index in [2.05, 4.69) is 10.0 Å². The van der Waals surface area contributed by atoms with Gasteiger partial charge in [-0.05, 0) is 60.2 Å². The Balaban J connectivity index is 1.78. The molecule has 3 aromatic rings. The fourth-order valence-corrected chi connectivity index (χ4v) is 4.13. The fraction of sp³-hybridized carbons (Fsp3) is 0.0909. The minimum atomic E-state index is -4.04. The smallest absolute Gasteiger partial charge is 0.329 e. The van der Waals surface area contributed by atoms with Crippen molar-refractivity contribution in [2.75, 3.05) is 16.6 Å². The summed E-state index contributed by atoms with van der Waals surface area (Å²) >= 11 is 11.9. The normalized spacial score (nSPS) is 11.1. The third-order valence-corrected chi connectivity index (χ3v) is 6.17. The molecule has 11 heteroatoms. The van der Waals surface area contributed by atoms with Gasteiger partial charge in [0.15, 0.2) is 0 Å². The number of anilines is 2. The monoisotopic (exact) mass is 508 g/mol. The maximum Gasteiger partial charge on any atom is 0.329 e. The molecule has 3 rings (SSSR count). The van der Waals surface area contributed by atoms with Gasteiger partial charge in [-0.15, -0.1) is 0 Å². The lowest BCUT2D eigenvalue weighted by atomic mass is 10.1. The summed E-state index contributed by atoms with van der Waals surface area (Å²) in [4.78, 5) is 23.2. The number of benzene rings is 3. The van der Waals surface area contributed by atoms with Crippen molar-refractivity contribution in [3.63, 3.8) is 0 Å². The summed E-state index contributed by atoms with van der Waals surface area (Å²) in [7, 11) is -4.04. The molecule has 0 atom stereocenters. The summed E-state index contributed by atoms with van der Waals surface area (Å²) in [6.07, 6.45) is 0.